The fourth-order valence-electron chi connectivity index (χ4n) is 0.879. The van der Waals surface area contributed by atoms with Gasteiger partial charge < -0.3 is 5.73 Å². The van der Waals surface area contributed by atoms with Crippen molar-refractivity contribution in [3.63, 3.8) is 0 Å². The van der Waals surface area contributed by atoms with E-state index < -0.39 is 6.43 Å². The van der Waals surface area contributed by atoms with Gasteiger partial charge in [0.2, 0.25) is 0 Å². The van der Waals surface area contributed by atoms with Crippen molar-refractivity contribution in [1.82, 2.24) is 4.98 Å². The highest BCUT2D eigenvalue weighted by Crippen LogP contribution is 2.32. The topological polar surface area (TPSA) is 38.9 Å². The molecule has 1 aromatic heterocycles. The number of hydrogen-bond acceptors (Lipinski definition) is 2. The lowest BCUT2D eigenvalue weighted by atomic mass is 10.1. The Morgan fingerprint density at radius 2 is 2.15 bits per heavy atom. The molecule has 0 saturated carbocycles. The normalized spacial score (nSPS) is 10.8. The molecule has 1 heterocycles. The molecule has 0 fully saturated rings. The minimum absolute atomic E-state index is 0.0991. The Balaban J connectivity index is 3.30. The predicted molar refractivity (Wildman–Crippen MR) is 53.9 cm³/mol. The molecule has 72 valence electrons. The molecule has 0 aliphatic rings. The van der Waals surface area contributed by atoms with Gasteiger partial charge in [0.15, 0.2) is 0 Å². The first-order valence-electron chi connectivity index (χ1n) is 3.34. The lowest BCUT2D eigenvalue weighted by molar-refractivity contribution is 0.150. The molecule has 0 amide bonds. The number of anilines is 1. The zero-order valence-corrected chi connectivity index (χ0v) is 9.57. The summed E-state index contributed by atoms with van der Waals surface area (Å²) in [7, 11) is 0. The summed E-state index contributed by atoms with van der Waals surface area (Å²) in [5, 5.41) is 0.319. The molecule has 1 rings (SSSR count). The average Bonchev–Trinajstić information content (AvgIpc) is 2.09. The third-order valence-corrected chi connectivity index (χ3v) is 3.00. The summed E-state index contributed by atoms with van der Waals surface area (Å²) in [6.45, 7) is 0. The summed E-state index contributed by atoms with van der Waals surface area (Å²) in [4.78, 5) is 3.64. The molecule has 0 radical (unpaired) electrons. The molecule has 0 aliphatic heterocycles. The van der Waals surface area contributed by atoms with Crippen molar-refractivity contribution in [2.75, 3.05) is 5.73 Å². The highest BCUT2D eigenvalue weighted by atomic mass is 79.9. The first-order chi connectivity index (χ1) is 6.07. The van der Waals surface area contributed by atoms with Gasteiger partial charge in [-0.15, -0.1) is 0 Å². The Labute approximate surface area is 90.8 Å². The number of halogens is 4. The van der Waals surface area contributed by atoms with Gasteiger partial charge in [-0.25, -0.2) is 13.8 Å². The number of hydrogen-bond donors (Lipinski definition) is 1. The Bertz CT molecular complexity index is 318. The summed E-state index contributed by atoms with van der Waals surface area (Å²) in [5.41, 5.74) is 5.79. The number of alkyl halides is 3. The van der Waals surface area contributed by atoms with Crippen LogP contribution in [0.4, 0.5) is 14.6 Å². The van der Waals surface area contributed by atoms with Gasteiger partial charge in [0.25, 0.3) is 6.43 Å². The third-order valence-electron chi connectivity index (χ3n) is 1.55. The molecule has 1 aromatic rings. The molecule has 0 spiro atoms. The molecule has 0 atom stereocenters. The number of nitrogens with zero attached hydrogens (tertiary/aromatic N) is 1. The maximum Gasteiger partial charge on any atom is 0.265 e. The van der Waals surface area contributed by atoms with Gasteiger partial charge in [-0.2, -0.15) is 0 Å². The molecular formula is C7H6Br2F2N2. The first kappa shape index (κ1) is 10.8. The number of rotatable bonds is 2. The molecule has 2 nitrogen and oxygen atoms in total. The van der Waals surface area contributed by atoms with Crippen LogP contribution in [-0.2, 0) is 5.33 Å². The van der Waals surface area contributed by atoms with E-state index in [2.05, 4.69) is 36.8 Å². The van der Waals surface area contributed by atoms with Gasteiger partial charge in [0.05, 0.1) is 4.47 Å². The molecule has 0 unspecified atom stereocenters. The van der Waals surface area contributed by atoms with Crippen LogP contribution in [0.15, 0.2) is 10.7 Å². The number of pyridine rings is 1. The van der Waals surface area contributed by atoms with Crippen LogP contribution in [-0.4, -0.2) is 4.98 Å². The Hall–Kier alpha value is -0.230. The van der Waals surface area contributed by atoms with Crippen LogP contribution in [0.5, 0.6) is 0 Å². The van der Waals surface area contributed by atoms with E-state index >= 15 is 0 Å². The van der Waals surface area contributed by atoms with Gasteiger partial charge >= 0.3 is 0 Å². The van der Waals surface area contributed by atoms with Crippen molar-refractivity contribution in [2.45, 2.75) is 11.8 Å². The first-order valence-corrected chi connectivity index (χ1v) is 5.26. The number of nitrogens with two attached hydrogens (primary N) is 1. The maximum absolute atomic E-state index is 12.4. The molecule has 0 aliphatic carbocycles. The van der Waals surface area contributed by atoms with Crippen LogP contribution in [0.2, 0.25) is 0 Å². The fourth-order valence-corrected chi connectivity index (χ4v) is 2.33. The molecule has 13 heavy (non-hydrogen) atoms. The van der Waals surface area contributed by atoms with Crippen LogP contribution in [0, 0.1) is 0 Å². The zero-order chi connectivity index (χ0) is 10.0. The molecule has 2 N–H and O–H groups in total. The van der Waals surface area contributed by atoms with Gasteiger partial charge in [-0.3, -0.25) is 0 Å². The van der Waals surface area contributed by atoms with Crippen LogP contribution < -0.4 is 5.73 Å². The van der Waals surface area contributed by atoms with E-state index in [9.17, 15) is 8.78 Å². The monoisotopic (exact) mass is 314 g/mol. The zero-order valence-electron chi connectivity index (χ0n) is 6.40. The second-order valence-electron chi connectivity index (χ2n) is 2.33. The summed E-state index contributed by atoms with van der Waals surface area (Å²) in [6.07, 6.45) is -1.43. The van der Waals surface area contributed by atoms with Crippen LogP contribution >= 0.6 is 31.9 Å². The fraction of sp³-hybridized carbons (Fsp3) is 0.286. The summed E-state index contributed by atoms with van der Waals surface area (Å²) < 4.78 is 25.2. The van der Waals surface area contributed by atoms with Crippen molar-refractivity contribution in [3.8, 4) is 0 Å². The van der Waals surface area contributed by atoms with Gasteiger partial charge in [-0.1, -0.05) is 15.9 Å². The molecule has 0 aromatic carbocycles. The minimum atomic E-state index is -2.53. The SMILES string of the molecule is Nc1ncc(C(F)F)c(CBr)c1Br. The van der Waals surface area contributed by atoms with Crippen molar-refractivity contribution < 1.29 is 8.78 Å². The summed E-state index contributed by atoms with van der Waals surface area (Å²) in [5.74, 6) is 0.221. The standard InChI is InChI=1S/C7H6Br2F2N2/c8-1-3-4(6(10)11)2-13-7(12)5(3)9/h2,6H,1H2,(H2,12,13). The van der Waals surface area contributed by atoms with Crippen molar-refractivity contribution in [1.29, 1.82) is 0 Å². The third kappa shape index (κ3) is 2.17. The Morgan fingerprint density at radius 3 is 2.62 bits per heavy atom. The molecular weight excluding hydrogens is 310 g/mol. The van der Waals surface area contributed by atoms with Crippen LogP contribution in [0.3, 0.4) is 0 Å². The van der Waals surface area contributed by atoms with E-state index in [1.54, 1.807) is 0 Å². The quantitative estimate of drug-likeness (QED) is 0.851. The minimum Gasteiger partial charge on any atom is -0.383 e. The molecule has 0 bridgehead atoms. The van der Waals surface area contributed by atoms with Gasteiger partial charge in [-0.05, 0) is 21.5 Å². The van der Waals surface area contributed by atoms with Crippen LogP contribution in [0.25, 0.3) is 0 Å². The van der Waals surface area contributed by atoms with Gasteiger partial charge in [0, 0.05) is 17.1 Å². The maximum atomic E-state index is 12.4. The van der Waals surface area contributed by atoms with E-state index in [1.165, 1.54) is 0 Å². The molecule has 0 saturated heterocycles. The summed E-state index contributed by atoms with van der Waals surface area (Å²) in [6, 6.07) is 0. The van der Waals surface area contributed by atoms with Crippen molar-refractivity contribution in [3.05, 3.63) is 21.8 Å². The van der Waals surface area contributed by atoms with E-state index in [0.29, 0.717) is 15.4 Å². The lowest BCUT2D eigenvalue weighted by Crippen LogP contribution is -2.00. The second-order valence-corrected chi connectivity index (χ2v) is 3.68. The highest BCUT2D eigenvalue weighted by Gasteiger charge is 2.16. The van der Waals surface area contributed by atoms with Crippen molar-refractivity contribution in [2.24, 2.45) is 0 Å². The van der Waals surface area contributed by atoms with E-state index in [0.717, 1.165) is 6.20 Å². The smallest absolute Gasteiger partial charge is 0.265 e. The Morgan fingerprint density at radius 1 is 1.54 bits per heavy atom. The Kier molecular flexibility index (Phi) is 3.61. The summed E-state index contributed by atoms with van der Waals surface area (Å²) >= 11 is 6.22. The van der Waals surface area contributed by atoms with Gasteiger partial charge in [0.1, 0.15) is 5.82 Å². The van der Waals surface area contributed by atoms with E-state index in [-0.39, 0.29) is 11.4 Å². The predicted octanol–water partition coefficient (Wildman–Crippen LogP) is 3.26. The van der Waals surface area contributed by atoms with E-state index in [4.69, 9.17) is 5.73 Å². The van der Waals surface area contributed by atoms with Crippen molar-refractivity contribution >= 4 is 37.7 Å². The highest BCUT2D eigenvalue weighted by molar-refractivity contribution is 9.11. The largest absolute Gasteiger partial charge is 0.383 e. The lowest BCUT2D eigenvalue weighted by Gasteiger charge is -2.09. The second kappa shape index (κ2) is 4.32. The average molecular weight is 316 g/mol. The molecule has 6 heteroatoms. The number of nitrogen functional groups attached to an aromatic ring is 1. The van der Waals surface area contributed by atoms with E-state index in [1.807, 2.05) is 0 Å². The number of aromatic nitrogens is 1. The van der Waals surface area contributed by atoms with Crippen LogP contribution in [0.1, 0.15) is 17.6 Å².